The summed E-state index contributed by atoms with van der Waals surface area (Å²) >= 11 is 4.91. The minimum atomic E-state index is -0.230. The lowest BCUT2D eigenvalue weighted by molar-refractivity contribution is 0.627. The molecule has 1 heterocycles. The van der Waals surface area contributed by atoms with Crippen molar-refractivity contribution in [3.8, 4) is 0 Å². The number of aromatic nitrogens is 1. The lowest BCUT2D eigenvalue weighted by Crippen LogP contribution is -2.18. The fourth-order valence-corrected chi connectivity index (χ4v) is 1.86. The number of hydrogen-bond donors (Lipinski definition) is 1. The van der Waals surface area contributed by atoms with Crippen LogP contribution in [0.4, 0.5) is 10.1 Å². The molecule has 2 N–H and O–H groups in total. The van der Waals surface area contributed by atoms with Crippen molar-refractivity contribution in [2.24, 2.45) is 5.73 Å². The van der Waals surface area contributed by atoms with Crippen LogP contribution in [0.2, 0.25) is 0 Å². The fourth-order valence-electron chi connectivity index (χ4n) is 1.75. The normalized spacial score (nSPS) is 10.2. The predicted octanol–water partition coefficient (Wildman–Crippen LogP) is 2.49. The van der Waals surface area contributed by atoms with Gasteiger partial charge in [0.25, 0.3) is 0 Å². The highest BCUT2D eigenvalue weighted by Gasteiger charge is 2.05. The molecule has 0 bridgehead atoms. The first-order valence-electron chi connectivity index (χ1n) is 5.77. The van der Waals surface area contributed by atoms with Gasteiger partial charge >= 0.3 is 0 Å². The minimum Gasteiger partial charge on any atom is -0.388 e. The molecule has 1 aromatic carbocycles. The Morgan fingerprint density at radius 3 is 2.63 bits per heavy atom. The number of rotatable bonds is 4. The van der Waals surface area contributed by atoms with Gasteiger partial charge in [-0.05, 0) is 29.8 Å². The molecule has 19 heavy (non-hydrogen) atoms. The quantitative estimate of drug-likeness (QED) is 0.871. The van der Waals surface area contributed by atoms with Gasteiger partial charge in [-0.2, -0.15) is 0 Å². The van der Waals surface area contributed by atoms with E-state index in [2.05, 4.69) is 4.98 Å². The van der Waals surface area contributed by atoms with Gasteiger partial charge in [0.2, 0.25) is 0 Å². The Kier molecular flexibility index (Phi) is 4.06. The Hall–Kier alpha value is -2.01. The molecule has 0 saturated heterocycles. The summed E-state index contributed by atoms with van der Waals surface area (Å²) < 4.78 is 12.8. The third kappa shape index (κ3) is 3.48. The molecule has 2 aromatic rings. The number of nitrogens with two attached hydrogens (primary N) is 1. The molecule has 2 rings (SSSR count). The Morgan fingerprint density at radius 2 is 2.00 bits per heavy atom. The van der Waals surface area contributed by atoms with Crippen LogP contribution in [0, 0.1) is 5.82 Å². The molecule has 0 unspecified atom stereocenters. The molecular weight excluding hydrogens is 261 g/mol. The lowest BCUT2D eigenvalue weighted by atomic mass is 10.2. The van der Waals surface area contributed by atoms with Crippen molar-refractivity contribution < 1.29 is 4.39 Å². The molecular formula is C14H14FN3S. The predicted molar refractivity (Wildman–Crippen MR) is 78.6 cm³/mol. The van der Waals surface area contributed by atoms with E-state index in [1.165, 1.54) is 12.1 Å². The average molecular weight is 275 g/mol. The summed E-state index contributed by atoms with van der Waals surface area (Å²) in [7, 11) is 1.95. The van der Waals surface area contributed by atoms with E-state index in [0.29, 0.717) is 12.2 Å². The maximum atomic E-state index is 12.8. The van der Waals surface area contributed by atoms with Gasteiger partial charge in [-0.15, -0.1) is 0 Å². The van der Waals surface area contributed by atoms with Gasteiger partial charge < -0.3 is 10.6 Å². The lowest BCUT2D eigenvalue weighted by Gasteiger charge is -2.19. The highest BCUT2D eigenvalue weighted by atomic mass is 32.1. The molecule has 0 atom stereocenters. The zero-order valence-electron chi connectivity index (χ0n) is 10.5. The molecule has 0 aliphatic heterocycles. The van der Waals surface area contributed by atoms with Crippen LogP contribution in [0.15, 0.2) is 42.6 Å². The van der Waals surface area contributed by atoms with E-state index in [9.17, 15) is 4.39 Å². The van der Waals surface area contributed by atoms with E-state index in [0.717, 1.165) is 11.3 Å². The number of halogens is 1. The van der Waals surface area contributed by atoms with Crippen molar-refractivity contribution in [1.29, 1.82) is 0 Å². The van der Waals surface area contributed by atoms with Crippen molar-refractivity contribution >= 4 is 22.9 Å². The number of hydrogen-bond acceptors (Lipinski definition) is 3. The monoisotopic (exact) mass is 275 g/mol. The van der Waals surface area contributed by atoms with Crippen molar-refractivity contribution in [2.75, 3.05) is 11.9 Å². The van der Waals surface area contributed by atoms with Crippen molar-refractivity contribution in [1.82, 2.24) is 4.98 Å². The highest BCUT2D eigenvalue weighted by Crippen LogP contribution is 2.16. The summed E-state index contributed by atoms with van der Waals surface area (Å²) in [6.07, 6.45) is 1.67. The van der Waals surface area contributed by atoms with Crippen molar-refractivity contribution in [3.63, 3.8) is 0 Å². The zero-order chi connectivity index (χ0) is 13.8. The van der Waals surface area contributed by atoms with Crippen LogP contribution in [-0.2, 0) is 6.54 Å². The SMILES string of the molecule is CN(Cc1ccc(F)cc1)c1ccnc(C(N)=S)c1. The second kappa shape index (κ2) is 5.75. The number of pyridine rings is 1. The molecule has 0 radical (unpaired) electrons. The van der Waals surface area contributed by atoms with Crippen molar-refractivity contribution in [2.45, 2.75) is 6.54 Å². The summed E-state index contributed by atoms with van der Waals surface area (Å²) in [5.41, 5.74) is 8.14. The Balaban J connectivity index is 2.15. The van der Waals surface area contributed by atoms with Crippen LogP contribution in [0.5, 0.6) is 0 Å². The standard InChI is InChI=1S/C14H14FN3S/c1-18(9-10-2-4-11(15)5-3-10)12-6-7-17-13(8-12)14(16)19/h2-8H,9H2,1H3,(H2,16,19). The number of benzene rings is 1. The molecule has 1 aromatic heterocycles. The largest absolute Gasteiger partial charge is 0.388 e. The van der Waals surface area contributed by atoms with Crippen molar-refractivity contribution in [3.05, 3.63) is 59.7 Å². The molecule has 0 aliphatic rings. The van der Waals surface area contributed by atoms with Gasteiger partial charge in [0, 0.05) is 25.5 Å². The van der Waals surface area contributed by atoms with E-state index in [1.807, 2.05) is 24.1 Å². The summed E-state index contributed by atoms with van der Waals surface area (Å²) in [6.45, 7) is 0.668. The van der Waals surface area contributed by atoms with E-state index in [-0.39, 0.29) is 10.8 Å². The molecule has 0 spiro atoms. The zero-order valence-corrected chi connectivity index (χ0v) is 11.3. The van der Waals surface area contributed by atoms with Gasteiger partial charge in [0.15, 0.2) is 0 Å². The van der Waals surface area contributed by atoms with Gasteiger partial charge in [-0.1, -0.05) is 24.4 Å². The molecule has 98 valence electrons. The van der Waals surface area contributed by atoms with Crippen LogP contribution < -0.4 is 10.6 Å². The average Bonchev–Trinajstić information content (AvgIpc) is 2.41. The Bertz CT molecular complexity index is 583. The van der Waals surface area contributed by atoms with Crippen LogP contribution in [0.3, 0.4) is 0 Å². The Labute approximate surface area is 116 Å². The summed E-state index contributed by atoms with van der Waals surface area (Å²) in [6, 6.07) is 10.2. The van der Waals surface area contributed by atoms with E-state index >= 15 is 0 Å². The molecule has 0 aliphatic carbocycles. The van der Waals surface area contributed by atoms with Crippen LogP contribution in [0.25, 0.3) is 0 Å². The van der Waals surface area contributed by atoms with Gasteiger partial charge in [0.05, 0.1) is 5.69 Å². The van der Waals surface area contributed by atoms with Crippen LogP contribution >= 0.6 is 12.2 Å². The maximum Gasteiger partial charge on any atom is 0.123 e. The smallest absolute Gasteiger partial charge is 0.123 e. The summed E-state index contributed by atoms with van der Waals surface area (Å²) in [5.74, 6) is -0.230. The van der Waals surface area contributed by atoms with E-state index < -0.39 is 0 Å². The fraction of sp³-hybridized carbons (Fsp3) is 0.143. The second-order valence-electron chi connectivity index (χ2n) is 4.25. The summed E-state index contributed by atoms with van der Waals surface area (Å²) in [4.78, 5) is 6.40. The van der Waals surface area contributed by atoms with Crippen LogP contribution in [-0.4, -0.2) is 17.0 Å². The van der Waals surface area contributed by atoms with Crippen LogP contribution in [0.1, 0.15) is 11.3 Å². The first-order chi connectivity index (χ1) is 9.06. The van der Waals surface area contributed by atoms with E-state index in [1.54, 1.807) is 18.3 Å². The third-order valence-electron chi connectivity index (χ3n) is 2.77. The number of nitrogens with zero attached hydrogens (tertiary/aromatic N) is 2. The first kappa shape index (κ1) is 13.4. The third-order valence-corrected chi connectivity index (χ3v) is 2.98. The number of anilines is 1. The summed E-state index contributed by atoms with van der Waals surface area (Å²) in [5, 5.41) is 0. The van der Waals surface area contributed by atoms with E-state index in [4.69, 9.17) is 18.0 Å². The molecule has 0 saturated carbocycles. The minimum absolute atomic E-state index is 0.230. The molecule has 0 fully saturated rings. The maximum absolute atomic E-state index is 12.8. The molecule has 0 amide bonds. The first-order valence-corrected chi connectivity index (χ1v) is 6.18. The molecule has 5 heteroatoms. The highest BCUT2D eigenvalue weighted by molar-refractivity contribution is 7.80. The van der Waals surface area contributed by atoms with Gasteiger partial charge in [0.1, 0.15) is 10.8 Å². The van der Waals surface area contributed by atoms with Gasteiger partial charge in [-0.25, -0.2) is 4.39 Å². The number of thiocarbonyl (C=S) groups is 1. The van der Waals surface area contributed by atoms with Gasteiger partial charge in [-0.3, -0.25) is 4.98 Å². The second-order valence-corrected chi connectivity index (χ2v) is 4.69. The Morgan fingerprint density at radius 1 is 1.32 bits per heavy atom. The topological polar surface area (TPSA) is 42.2 Å². The molecule has 3 nitrogen and oxygen atoms in total.